The lowest BCUT2D eigenvalue weighted by atomic mass is 9.42. The van der Waals surface area contributed by atoms with E-state index in [0.29, 0.717) is 30.1 Å². The topological polar surface area (TPSA) is 87.0 Å². The lowest BCUT2D eigenvalue weighted by Crippen LogP contribution is -2.65. The molecule has 32 heavy (non-hydrogen) atoms. The molecule has 5 rings (SSSR count). The highest BCUT2D eigenvalue weighted by Crippen LogP contribution is 2.77. The van der Waals surface area contributed by atoms with Gasteiger partial charge >= 0.3 is 5.97 Å². The number of aliphatic hydroxyl groups excluding tert-OH is 1. The molecule has 0 heterocycles. The summed E-state index contributed by atoms with van der Waals surface area (Å²) in [4.78, 5) is 12.0. The fourth-order valence-corrected chi connectivity index (χ4v) is 9.60. The molecule has 0 amide bonds. The van der Waals surface area contributed by atoms with Gasteiger partial charge in [0, 0.05) is 17.8 Å². The fraction of sp³-hybridized carbons (Fsp3) is 0.889. The molecule has 0 aromatic carbocycles. The van der Waals surface area contributed by atoms with Crippen LogP contribution in [0.25, 0.3) is 0 Å². The number of esters is 1. The first-order chi connectivity index (χ1) is 14.9. The molecule has 0 bridgehead atoms. The van der Waals surface area contributed by atoms with Gasteiger partial charge in [-0.25, -0.2) is 4.79 Å². The van der Waals surface area contributed by atoms with Gasteiger partial charge in [-0.1, -0.05) is 33.6 Å². The molecule has 5 nitrogen and oxygen atoms in total. The van der Waals surface area contributed by atoms with Crippen LogP contribution in [0.3, 0.4) is 0 Å². The Morgan fingerprint density at radius 3 is 2.47 bits per heavy atom. The molecule has 5 aliphatic rings. The van der Waals surface area contributed by atoms with Gasteiger partial charge in [0.25, 0.3) is 0 Å². The molecule has 12 atom stereocenters. The zero-order chi connectivity index (χ0) is 23.3. The summed E-state index contributed by atoms with van der Waals surface area (Å²) in [6.07, 6.45) is 4.58. The largest absolute Gasteiger partial charge is 0.456 e. The molecule has 0 spiro atoms. The molecular formula is C27H40O5. The average Bonchev–Trinajstić information content (AvgIpc) is 3.52. The van der Waals surface area contributed by atoms with E-state index >= 15 is 0 Å². The van der Waals surface area contributed by atoms with Crippen molar-refractivity contribution < 1.29 is 24.9 Å². The van der Waals surface area contributed by atoms with Crippen molar-refractivity contribution in [2.75, 3.05) is 6.61 Å². The van der Waals surface area contributed by atoms with Crippen molar-refractivity contribution in [2.45, 2.75) is 90.4 Å². The van der Waals surface area contributed by atoms with E-state index in [-0.39, 0.29) is 35.2 Å². The lowest BCUT2D eigenvalue weighted by molar-refractivity contribution is -0.231. The number of hydrogen-bond donors (Lipinski definition) is 3. The Morgan fingerprint density at radius 2 is 1.78 bits per heavy atom. The minimum absolute atomic E-state index is 0.0443. The number of aliphatic hydroxyl groups is 3. The van der Waals surface area contributed by atoms with E-state index in [2.05, 4.69) is 39.5 Å². The molecular weight excluding hydrogens is 404 g/mol. The molecule has 0 saturated heterocycles. The van der Waals surface area contributed by atoms with Crippen LogP contribution in [0, 0.1) is 64.1 Å². The summed E-state index contributed by atoms with van der Waals surface area (Å²) in [5.41, 5.74) is -2.57. The highest BCUT2D eigenvalue weighted by molar-refractivity contribution is 5.88. The van der Waals surface area contributed by atoms with Crippen molar-refractivity contribution in [3.8, 4) is 11.8 Å². The van der Waals surface area contributed by atoms with E-state index in [4.69, 9.17) is 4.74 Å². The minimum Gasteiger partial charge on any atom is -0.456 e. The van der Waals surface area contributed by atoms with E-state index < -0.39 is 23.3 Å². The minimum atomic E-state index is -1.23. The van der Waals surface area contributed by atoms with Crippen molar-refractivity contribution in [1.29, 1.82) is 0 Å². The monoisotopic (exact) mass is 444 g/mol. The summed E-state index contributed by atoms with van der Waals surface area (Å²) in [5, 5.41) is 34.3. The van der Waals surface area contributed by atoms with Crippen molar-refractivity contribution >= 4 is 5.97 Å². The zero-order valence-electron chi connectivity index (χ0n) is 20.2. The summed E-state index contributed by atoms with van der Waals surface area (Å²) in [7, 11) is 0. The molecule has 5 aliphatic carbocycles. The Morgan fingerprint density at radius 1 is 1.09 bits per heavy atom. The smallest absolute Gasteiger partial charge is 0.384 e. The lowest BCUT2D eigenvalue weighted by Gasteiger charge is -2.64. The predicted octanol–water partition coefficient (Wildman–Crippen LogP) is 3.15. The van der Waals surface area contributed by atoms with Crippen LogP contribution in [0.2, 0.25) is 0 Å². The normalized spacial score (nSPS) is 57.8. The standard InChI is InChI=1S/C27H40O5/c1-6-32-21(29)9-12-26(30)16(3)15(2)23-22-18-13-20(18)27(31)14-17(28)7-10-24(27,4)19(22)8-11-25(23,26)5/h15-20,22-23,28,30-31H,6-8,10-11,13-14H2,1-5H3/t15-,16+,17+,18?,19?,20-,22?,23?,24-,25+,26+,27-/m1/s1. The number of carbonyl (C=O) groups is 1. The predicted molar refractivity (Wildman–Crippen MR) is 120 cm³/mol. The Kier molecular flexibility index (Phi) is 4.94. The Hall–Kier alpha value is -1.09. The highest BCUT2D eigenvalue weighted by atomic mass is 16.5. The summed E-state index contributed by atoms with van der Waals surface area (Å²) in [6.45, 7) is 10.9. The second kappa shape index (κ2) is 6.96. The van der Waals surface area contributed by atoms with Gasteiger partial charge in [-0.2, -0.15) is 0 Å². The highest BCUT2D eigenvalue weighted by Gasteiger charge is 2.77. The van der Waals surface area contributed by atoms with Crippen LogP contribution in [-0.4, -0.2) is 45.2 Å². The number of hydrogen-bond acceptors (Lipinski definition) is 5. The van der Waals surface area contributed by atoms with E-state index in [9.17, 15) is 20.1 Å². The molecule has 3 N–H and O–H groups in total. The van der Waals surface area contributed by atoms with Crippen LogP contribution in [0.5, 0.6) is 0 Å². The second-order valence-corrected chi connectivity index (χ2v) is 12.3. The van der Waals surface area contributed by atoms with Crippen molar-refractivity contribution in [3.05, 3.63) is 0 Å². The third kappa shape index (κ3) is 2.61. The second-order valence-electron chi connectivity index (χ2n) is 12.3. The summed E-state index contributed by atoms with van der Waals surface area (Å²) in [5.74, 6) is 7.16. The molecule has 5 fully saturated rings. The Labute approximate surface area is 192 Å². The van der Waals surface area contributed by atoms with Gasteiger partial charge in [0.1, 0.15) is 5.60 Å². The first-order valence-electron chi connectivity index (χ1n) is 12.8. The zero-order valence-corrected chi connectivity index (χ0v) is 20.2. The van der Waals surface area contributed by atoms with Gasteiger partial charge in [0.2, 0.25) is 0 Å². The Balaban J connectivity index is 1.53. The number of carbonyl (C=O) groups excluding carboxylic acids is 1. The molecule has 5 saturated carbocycles. The summed E-state index contributed by atoms with van der Waals surface area (Å²) < 4.78 is 5.01. The van der Waals surface area contributed by atoms with Crippen molar-refractivity contribution in [3.63, 3.8) is 0 Å². The number of ether oxygens (including phenoxy) is 1. The van der Waals surface area contributed by atoms with Crippen LogP contribution in [-0.2, 0) is 9.53 Å². The van der Waals surface area contributed by atoms with E-state index in [1.54, 1.807) is 6.92 Å². The van der Waals surface area contributed by atoms with Crippen LogP contribution >= 0.6 is 0 Å². The van der Waals surface area contributed by atoms with E-state index in [0.717, 1.165) is 32.1 Å². The molecule has 0 radical (unpaired) electrons. The number of fused-ring (bicyclic) bond motifs is 8. The third-order valence-electron chi connectivity index (χ3n) is 11.4. The van der Waals surface area contributed by atoms with Crippen LogP contribution in [0.4, 0.5) is 0 Å². The first-order valence-corrected chi connectivity index (χ1v) is 12.8. The van der Waals surface area contributed by atoms with E-state index in [1.807, 2.05) is 0 Å². The molecule has 5 heteroatoms. The maximum absolute atomic E-state index is 12.0. The summed E-state index contributed by atoms with van der Waals surface area (Å²) >= 11 is 0. The molecule has 0 aliphatic heterocycles. The van der Waals surface area contributed by atoms with Crippen molar-refractivity contribution in [1.82, 2.24) is 0 Å². The van der Waals surface area contributed by atoms with Gasteiger partial charge in [0.05, 0.1) is 18.3 Å². The van der Waals surface area contributed by atoms with Crippen LogP contribution < -0.4 is 0 Å². The summed E-state index contributed by atoms with van der Waals surface area (Å²) in [6, 6.07) is 0. The van der Waals surface area contributed by atoms with E-state index in [1.165, 1.54) is 0 Å². The van der Waals surface area contributed by atoms with Crippen LogP contribution in [0.15, 0.2) is 0 Å². The third-order valence-corrected chi connectivity index (χ3v) is 11.4. The molecule has 0 aromatic heterocycles. The van der Waals surface area contributed by atoms with Gasteiger partial charge < -0.3 is 20.1 Å². The van der Waals surface area contributed by atoms with Gasteiger partial charge in [-0.15, -0.1) is 0 Å². The SMILES string of the molecule is CCOC(=O)C#C[C@]1(O)[C@@H](C)[C@@H](C)C2C3C4C[C@H]4[C@]4(O)C[C@@H](O)CC[C@]4(C)C3CC[C@@]21C. The van der Waals surface area contributed by atoms with Gasteiger partial charge in [-0.05, 0) is 85.9 Å². The molecule has 0 aromatic rings. The van der Waals surface area contributed by atoms with Gasteiger partial charge in [-0.3, -0.25) is 0 Å². The maximum Gasteiger partial charge on any atom is 0.384 e. The first kappa shape index (κ1) is 22.7. The quantitative estimate of drug-likeness (QED) is 0.329. The average molecular weight is 445 g/mol. The van der Waals surface area contributed by atoms with Crippen LogP contribution in [0.1, 0.15) is 73.1 Å². The molecule has 4 unspecified atom stereocenters. The fourth-order valence-electron chi connectivity index (χ4n) is 9.60. The maximum atomic E-state index is 12.0. The Bertz CT molecular complexity index is 875. The molecule has 178 valence electrons. The van der Waals surface area contributed by atoms with Crippen molar-refractivity contribution in [2.24, 2.45) is 52.3 Å². The number of rotatable bonds is 1. The van der Waals surface area contributed by atoms with Gasteiger partial charge in [0.15, 0.2) is 0 Å².